The second-order valence-corrected chi connectivity index (χ2v) is 6.38. The van der Waals surface area contributed by atoms with Crippen molar-refractivity contribution >= 4 is 17.9 Å². The fourth-order valence-corrected chi connectivity index (χ4v) is 2.83. The summed E-state index contributed by atoms with van der Waals surface area (Å²) in [6.07, 6.45) is 3.03. The number of aliphatic imine (C=N–C) groups is 1. The molecule has 2 saturated heterocycles. The normalized spacial score (nSPS) is 19.0. The van der Waals surface area contributed by atoms with E-state index in [1.54, 1.807) is 0 Å². The summed E-state index contributed by atoms with van der Waals surface area (Å²) in [6, 6.07) is -0.333. The lowest BCUT2D eigenvalue weighted by Crippen LogP contribution is -2.43. The van der Waals surface area contributed by atoms with Crippen LogP contribution in [0.5, 0.6) is 0 Å². The number of hydrogen-bond acceptors (Lipinski definition) is 5. The highest BCUT2D eigenvalue weighted by molar-refractivity contribution is 6.01. The van der Waals surface area contributed by atoms with Crippen LogP contribution in [-0.4, -0.2) is 81.9 Å². The molecule has 0 atom stereocenters. The molecule has 2 rings (SSSR count). The Bertz CT molecular complexity index is 464. The van der Waals surface area contributed by atoms with E-state index < -0.39 is 0 Å². The molecule has 0 aromatic carbocycles. The van der Waals surface area contributed by atoms with Gasteiger partial charge in [0.1, 0.15) is 0 Å². The third-order valence-corrected chi connectivity index (χ3v) is 4.32. The number of carbonyl (C=O) groups excluding carboxylic acids is 2. The van der Waals surface area contributed by atoms with E-state index in [9.17, 15) is 9.59 Å². The van der Waals surface area contributed by atoms with Crippen LogP contribution in [0.15, 0.2) is 4.99 Å². The summed E-state index contributed by atoms with van der Waals surface area (Å²) in [5.41, 5.74) is 0. The molecular formula is C17H31N5O4. The average molecular weight is 369 g/mol. The molecule has 0 unspecified atom stereocenters. The maximum absolute atomic E-state index is 11.5. The molecule has 0 aromatic heterocycles. The van der Waals surface area contributed by atoms with Gasteiger partial charge in [-0.05, 0) is 32.1 Å². The van der Waals surface area contributed by atoms with Crippen LogP contribution in [0.3, 0.4) is 0 Å². The summed E-state index contributed by atoms with van der Waals surface area (Å²) < 4.78 is 11.1. The van der Waals surface area contributed by atoms with Gasteiger partial charge in [-0.2, -0.15) is 0 Å². The lowest BCUT2D eigenvalue weighted by molar-refractivity contribution is -0.124. The van der Waals surface area contributed by atoms with Crippen LogP contribution in [0.2, 0.25) is 0 Å². The van der Waals surface area contributed by atoms with E-state index in [-0.39, 0.29) is 18.5 Å². The van der Waals surface area contributed by atoms with E-state index >= 15 is 0 Å². The minimum absolute atomic E-state index is 0.0842. The van der Waals surface area contributed by atoms with Gasteiger partial charge in [0.05, 0.1) is 6.54 Å². The van der Waals surface area contributed by atoms with Crippen molar-refractivity contribution < 1.29 is 19.1 Å². The number of urea groups is 1. The van der Waals surface area contributed by atoms with Gasteiger partial charge in [-0.3, -0.25) is 14.7 Å². The predicted octanol–water partition coefficient (Wildman–Crippen LogP) is -0.0734. The first-order valence-corrected chi connectivity index (χ1v) is 9.46. The predicted molar refractivity (Wildman–Crippen MR) is 98.1 cm³/mol. The number of ether oxygens (including phenoxy) is 2. The van der Waals surface area contributed by atoms with Gasteiger partial charge in [0.25, 0.3) is 0 Å². The smallest absolute Gasteiger partial charge is 0.324 e. The van der Waals surface area contributed by atoms with Gasteiger partial charge < -0.3 is 25.4 Å². The Morgan fingerprint density at radius 2 is 2.15 bits per heavy atom. The summed E-state index contributed by atoms with van der Waals surface area (Å²) in [4.78, 5) is 28.7. The monoisotopic (exact) mass is 369 g/mol. The Morgan fingerprint density at radius 1 is 1.35 bits per heavy atom. The summed E-state index contributed by atoms with van der Waals surface area (Å²) in [6.45, 7) is 7.46. The van der Waals surface area contributed by atoms with Gasteiger partial charge in [0, 0.05) is 52.6 Å². The second kappa shape index (κ2) is 11.7. The quantitative estimate of drug-likeness (QED) is 0.215. The molecule has 2 heterocycles. The summed E-state index contributed by atoms with van der Waals surface area (Å²) in [7, 11) is 0. The Kier molecular flexibility index (Phi) is 9.19. The maximum Gasteiger partial charge on any atom is 0.324 e. The highest BCUT2D eigenvalue weighted by atomic mass is 16.5. The SMILES string of the molecule is CCNC(=NCCCOCC1CCOCC1)NCCN1C(=O)CNC1=O. The van der Waals surface area contributed by atoms with E-state index in [2.05, 4.69) is 20.9 Å². The van der Waals surface area contributed by atoms with Crippen molar-refractivity contribution in [3.05, 3.63) is 0 Å². The fraction of sp³-hybridized carbons (Fsp3) is 0.824. The minimum Gasteiger partial charge on any atom is -0.381 e. The molecule has 2 aliphatic rings. The number of carbonyl (C=O) groups is 2. The topological polar surface area (TPSA) is 104 Å². The standard InChI is InChI=1S/C17H31N5O4/c1-2-18-16(20-7-8-22-15(23)12-21-17(22)24)19-6-3-9-26-13-14-4-10-25-11-5-14/h14H,2-13H2,1H3,(H,21,24)(H2,18,19,20). The molecule has 0 bridgehead atoms. The van der Waals surface area contributed by atoms with Crippen LogP contribution in [0, 0.1) is 5.92 Å². The zero-order valence-electron chi connectivity index (χ0n) is 15.6. The lowest BCUT2D eigenvalue weighted by atomic mass is 10.0. The molecule has 0 aromatic rings. The number of nitrogens with zero attached hydrogens (tertiary/aromatic N) is 2. The number of amides is 3. The maximum atomic E-state index is 11.5. The van der Waals surface area contributed by atoms with Crippen LogP contribution < -0.4 is 16.0 Å². The molecule has 0 spiro atoms. The van der Waals surface area contributed by atoms with E-state index in [0.717, 1.165) is 45.6 Å². The second-order valence-electron chi connectivity index (χ2n) is 6.38. The van der Waals surface area contributed by atoms with Crippen molar-refractivity contribution in [2.45, 2.75) is 26.2 Å². The van der Waals surface area contributed by atoms with Crippen molar-refractivity contribution in [1.82, 2.24) is 20.9 Å². The minimum atomic E-state index is -0.333. The van der Waals surface area contributed by atoms with Crippen LogP contribution in [-0.2, 0) is 14.3 Å². The molecule has 3 amide bonds. The summed E-state index contributed by atoms with van der Waals surface area (Å²) >= 11 is 0. The van der Waals surface area contributed by atoms with Gasteiger partial charge in [-0.15, -0.1) is 0 Å². The Morgan fingerprint density at radius 3 is 2.85 bits per heavy atom. The molecule has 9 heteroatoms. The van der Waals surface area contributed by atoms with Gasteiger partial charge in [-0.25, -0.2) is 4.79 Å². The molecule has 148 valence electrons. The van der Waals surface area contributed by atoms with E-state index in [4.69, 9.17) is 9.47 Å². The van der Waals surface area contributed by atoms with Crippen molar-refractivity contribution in [2.75, 3.05) is 59.2 Å². The van der Waals surface area contributed by atoms with Gasteiger partial charge in [0.2, 0.25) is 5.91 Å². The van der Waals surface area contributed by atoms with Crippen molar-refractivity contribution in [3.8, 4) is 0 Å². The van der Waals surface area contributed by atoms with E-state index in [0.29, 0.717) is 38.1 Å². The molecule has 0 saturated carbocycles. The first-order chi connectivity index (χ1) is 12.7. The van der Waals surface area contributed by atoms with Crippen LogP contribution in [0.4, 0.5) is 4.79 Å². The van der Waals surface area contributed by atoms with Crippen molar-refractivity contribution in [3.63, 3.8) is 0 Å². The molecular weight excluding hydrogens is 338 g/mol. The van der Waals surface area contributed by atoms with Crippen LogP contribution in [0.25, 0.3) is 0 Å². The van der Waals surface area contributed by atoms with E-state index in [1.807, 2.05) is 6.92 Å². The molecule has 3 N–H and O–H groups in total. The number of guanidine groups is 1. The first kappa shape index (κ1) is 20.4. The molecule has 2 fully saturated rings. The van der Waals surface area contributed by atoms with Gasteiger partial charge in [-0.1, -0.05) is 0 Å². The highest BCUT2D eigenvalue weighted by Gasteiger charge is 2.27. The van der Waals surface area contributed by atoms with Crippen molar-refractivity contribution in [1.29, 1.82) is 0 Å². The third-order valence-electron chi connectivity index (χ3n) is 4.32. The van der Waals surface area contributed by atoms with Crippen LogP contribution in [0.1, 0.15) is 26.2 Å². The zero-order valence-corrected chi connectivity index (χ0v) is 15.6. The third kappa shape index (κ3) is 7.17. The van der Waals surface area contributed by atoms with Gasteiger partial charge in [0.15, 0.2) is 5.96 Å². The lowest BCUT2D eigenvalue weighted by Gasteiger charge is -2.21. The number of rotatable bonds is 10. The zero-order chi connectivity index (χ0) is 18.6. The molecule has 2 aliphatic heterocycles. The summed E-state index contributed by atoms with van der Waals surface area (Å²) in [5, 5.41) is 8.80. The van der Waals surface area contributed by atoms with Crippen LogP contribution >= 0.6 is 0 Å². The molecule has 9 nitrogen and oxygen atoms in total. The van der Waals surface area contributed by atoms with Gasteiger partial charge >= 0.3 is 6.03 Å². The van der Waals surface area contributed by atoms with E-state index in [1.165, 1.54) is 4.90 Å². The highest BCUT2D eigenvalue weighted by Crippen LogP contribution is 2.14. The fourth-order valence-electron chi connectivity index (χ4n) is 2.83. The Labute approximate surface area is 154 Å². The molecule has 0 aliphatic carbocycles. The number of imide groups is 1. The molecule has 26 heavy (non-hydrogen) atoms. The first-order valence-electron chi connectivity index (χ1n) is 9.46. The average Bonchev–Trinajstić information content (AvgIpc) is 2.97. The molecule has 0 radical (unpaired) electrons. The number of hydrogen-bond donors (Lipinski definition) is 3. The Balaban J connectivity index is 1.58. The largest absolute Gasteiger partial charge is 0.381 e. The summed E-state index contributed by atoms with van der Waals surface area (Å²) in [5.74, 6) is 1.11. The number of nitrogens with one attached hydrogen (secondary N) is 3. The Hall–Kier alpha value is -1.87. The van der Waals surface area contributed by atoms with Crippen molar-refractivity contribution in [2.24, 2.45) is 10.9 Å².